The van der Waals surface area contributed by atoms with Crippen LogP contribution < -0.4 is 0 Å². The molecule has 1 amide bonds. The molecule has 1 N–H and O–H groups in total. The van der Waals surface area contributed by atoms with Crippen LogP contribution in [0.2, 0.25) is 0 Å². The second-order valence-electron chi connectivity index (χ2n) is 8.20. The molecule has 1 aliphatic carbocycles. The van der Waals surface area contributed by atoms with Gasteiger partial charge >= 0.3 is 5.97 Å². The number of likely N-dealkylation sites (N-methyl/N-ethyl adjacent to an activating group) is 1. The summed E-state index contributed by atoms with van der Waals surface area (Å²) < 4.78 is 5.74. The lowest BCUT2D eigenvalue weighted by Crippen LogP contribution is -2.41. The smallest absolute Gasteiger partial charge is 0.339 e. The van der Waals surface area contributed by atoms with E-state index in [-0.39, 0.29) is 23.5 Å². The highest BCUT2D eigenvalue weighted by atomic mass is 16.6. The molecule has 27 heavy (non-hydrogen) atoms. The second-order valence-corrected chi connectivity index (χ2v) is 8.20. The van der Waals surface area contributed by atoms with Gasteiger partial charge in [-0.2, -0.15) is 0 Å². The van der Waals surface area contributed by atoms with E-state index in [0.29, 0.717) is 18.4 Å². The summed E-state index contributed by atoms with van der Waals surface area (Å²) in [5.74, 6) is -0.0852. The minimum atomic E-state index is -0.620. The minimum absolute atomic E-state index is 0.000861. The number of likely N-dealkylation sites (tertiary alicyclic amines) is 1. The van der Waals surface area contributed by atoms with E-state index in [4.69, 9.17) is 4.74 Å². The summed E-state index contributed by atoms with van der Waals surface area (Å²) in [6, 6.07) is 4.88. The second kappa shape index (κ2) is 7.15. The number of hydrogen-bond donors (Lipinski definition) is 1. The quantitative estimate of drug-likeness (QED) is 0.823. The van der Waals surface area contributed by atoms with Crippen molar-refractivity contribution in [1.29, 1.82) is 0 Å². The Hall–Kier alpha value is -2.08. The number of hydrogen-bond acceptors (Lipinski definition) is 5. The highest BCUT2D eigenvalue weighted by Crippen LogP contribution is 2.48. The molecule has 4 rings (SSSR count). The number of phenols is 1. The molecule has 2 heterocycles. The largest absolute Gasteiger partial charge is 0.508 e. The lowest BCUT2D eigenvalue weighted by atomic mass is 9.74. The van der Waals surface area contributed by atoms with Crippen molar-refractivity contribution in [2.45, 2.75) is 44.1 Å². The van der Waals surface area contributed by atoms with Gasteiger partial charge in [-0.05, 0) is 63.7 Å². The first kappa shape index (κ1) is 18.3. The average molecular weight is 372 g/mol. The van der Waals surface area contributed by atoms with E-state index < -0.39 is 5.60 Å². The molecule has 3 aliphatic rings. The van der Waals surface area contributed by atoms with Gasteiger partial charge in [0.25, 0.3) is 0 Å². The van der Waals surface area contributed by atoms with E-state index in [0.717, 1.165) is 44.6 Å². The van der Waals surface area contributed by atoms with Crippen LogP contribution in [0.15, 0.2) is 18.2 Å². The Morgan fingerprint density at radius 1 is 1.30 bits per heavy atom. The maximum atomic E-state index is 12.8. The molecule has 0 unspecified atom stereocenters. The predicted molar refractivity (Wildman–Crippen MR) is 100 cm³/mol. The fraction of sp³-hybridized carbons (Fsp3) is 0.619. The van der Waals surface area contributed by atoms with Gasteiger partial charge in [0.1, 0.15) is 11.4 Å². The summed E-state index contributed by atoms with van der Waals surface area (Å²) >= 11 is 0. The molecule has 1 saturated carbocycles. The molecule has 1 aromatic carbocycles. The van der Waals surface area contributed by atoms with Crippen molar-refractivity contribution in [3.63, 3.8) is 0 Å². The van der Waals surface area contributed by atoms with E-state index in [9.17, 15) is 14.7 Å². The lowest BCUT2D eigenvalue weighted by molar-refractivity contribution is -0.137. The number of benzene rings is 1. The number of amides is 1. The average Bonchev–Trinajstić information content (AvgIpc) is 3.27. The summed E-state index contributed by atoms with van der Waals surface area (Å²) in [5, 5.41) is 9.64. The molecule has 0 bridgehead atoms. The van der Waals surface area contributed by atoms with Gasteiger partial charge in [0.15, 0.2) is 0 Å². The number of ether oxygens (including phenoxy) is 1. The Kier molecular flexibility index (Phi) is 4.84. The van der Waals surface area contributed by atoms with Crippen LogP contribution in [0.1, 0.15) is 54.4 Å². The molecule has 0 aromatic heterocycles. The van der Waals surface area contributed by atoms with Gasteiger partial charge in [0.05, 0.1) is 5.56 Å². The minimum Gasteiger partial charge on any atom is -0.508 e. The van der Waals surface area contributed by atoms with Crippen molar-refractivity contribution in [3.8, 4) is 5.75 Å². The first-order chi connectivity index (χ1) is 13.0. The normalized spacial score (nSPS) is 27.6. The molecule has 2 aliphatic heterocycles. The predicted octanol–water partition coefficient (Wildman–Crippen LogP) is 2.50. The molecule has 0 atom stereocenters. The fourth-order valence-corrected chi connectivity index (χ4v) is 4.81. The van der Waals surface area contributed by atoms with Gasteiger partial charge in [0, 0.05) is 31.6 Å². The zero-order valence-corrected chi connectivity index (χ0v) is 15.9. The number of aromatic hydroxyl groups is 1. The Morgan fingerprint density at radius 3 is 2.70 bits per heavy atom. The summed E-state index contributed by atoms with van der Waals surface area (Å²) in [7, 11) is 1.90. The Balaban J connectivity index is 1.36. The van der Waals surface area contributed by atoms with Crippen LogP contribution in [-0.2, 0) is 15.1 Å². The van der Waals surface area contributed by atoms with Gasteiger partial charge in [-0.25, -0.2) is 4.79 Å². The Bertz CT molecular complexity index is 734. The van der Waals surface area contributed by atoms with Gasteiger partial charge < -0.3 is 19.6 Å². The molecule has 6 heteroatoms. The highest BCUT2D eigenvalue weighted by Gasteiger charge is 2.48. The molecule has 1 saturated heterocycles. The topological polar surface area (TPSA) is 70.1 Å². The lowest BCUT2D eigenvalue weighted by Gasteiger charge is -2.37. The first-order valence-electron chi connectivity index (χ1n) is 10.0. The zero-order chi connectivity index (χ0) is 19.0. The van der Waals surface area contributed by atoms with Crippen molar-refractivity contribution < 1.29 is 19.4 Å². The number of fused-ring (bicyclic) bond motifs is 2. The van der Waals surface area contributed by atoms with Gasteiger partial charge in [-0.3, -0.25) is 4.79 Å². The summed E-state index contributed by atoms with van der Waals surface area (Å²) in [5.41, 5.74) is 0.700. The van der Waals surface area contributed by atoms with E-state index in [1.807, 2.05) is 11.9 Å². The molecule has 0 radical (unpaired) electrons. The van der Waals surface area contributed by atoms with E-state index >= 15 is 0 Å². The molecule has 1 spiro atoms. The van der Waals surface area contributed by atoms with Crippen LogP contribution in [-0.4, -0.2) is 60.0 Å². The van der Waals surface area contributed by atoms with Crippen molar-refractivity contribution in [2.24, 2.45) is 5.92 Å². The standard InChI is InChI=1S/C21H28N2O4/c1-22(12-13-23-10-2-3-11-23)19(25)15-6-8-21(9-7-15)18-5-4-16(24)14-17(18)20(26)27-21/h4-5,14-15,24H,2-3,6-13H2,1H3. The maximum Gasteiger partial charge on any atom is 0.339 e. The molecule has 1 aromatic rings. The number of rotatable bonds is 4. The number of esters is 1. The van der Waals surface area contributed by atoms with Crippen molar-refractivity contribution >= 4 is 11.9 Å². The van der Waals surface area contributed by atoms with Crippen LogP contribution in [0.25, 0.3) is 0 Å². The van der Waals surface area contributed by atoms with Crippen LogP contribution >= 0.6 is 0 Å². The number of phenolic OH excluding ortho intramolecular Hbond substituents is 1. The first-order valence-corrected chi connectivity index (χ1v) is 10.0. The number of carbonyl (C=O) groups excluding carboxylic acids is 2. The van der Waals surface area contributed by atoms with Crippen molar-refractivity contribution in [1.82, 2.24) is 9.80 Å². The molecular formula is C21H28N2O4. The third kappa shape index (κ3) is 3.43. The van der Waals surface area contributed by atoms with Gasteiger partial charge in [-0.1, -0.05) is 6.07 Å². The summed E-state index contributed by atoms with van der Waals surface area (Å²) in [6.45, 7) is 4.02. The van der Waals surface area contributed by atoms with Gasteiger partial charge in [-0.15, -0.1) is 0 Å². The van der Waals surface area contributed by atoms with Crippen molar-refractivity contribution in [2.75, 3.05) is 33.2 Å². The van der Waals surface area contributed by atoms with Crippen LogP contribution in [0.3, 0.4) is 0 Å². The summed E-state index contributed by atoms with van der Waals surface area (Å²) in [6.07, 6.45) is 5.29. The Labute approximate surface area is 160 Å². The molecular weight excluding hydrogens is 344 g/mol. The van der Waals surface area contributed by atoms with Crippen LogP contribution in [0.5, 0.6) is 5.75 Å². The van der Waals surface area contributed by atoms with Crippen LogP contribution in [0.4, 0.5) is 0 Å². The van der Waals surface area contributed by atoms with E-state index in [1.54, 1.807) is 12.1 Å². The Morgan fingerprint density at radius 2 is 2.00 bits per heavy atom. The van der Waals surface area contributed by atoms with E-state index in [2.05, 4.69) is 4.90 Å². The molecule has 146 valence electrons. The third-order valence-corrected chi connectivity index (χ3v) is 6.47. The van der Waals surface area contributed by atoms with Crippen LogP contribution in [0, 0.1) is 5.92 Å². The molecule has 2 fully saturated rings. The monoisotopic (exact) mass is 372 g/mol. The number of nitrogens with zero attached hydrogens (tertiary/aromatic N) is 2. The fourth-order valence-electron chi connectivity index (χ4n) is 4.81. The zero-order valence-electron chi connectivity index (χ0n) is 15.9. The molecule has 6 nitrogen and oxygen atoms in total. The maximum absolute atomic E-state index is 12.8. The number of carbonyl (C=O) groups is 2. The van der Waals surface area contributed by atoms with Gasteiger partial charge in [0.2, 0.25) is 5.91 Å². The summed E-state index contributed by atoms with van der Waals surface area (Å²) in [4.78, 5) is 29.3. The highest BCUT2D eigenvalue weighted by molar-refractivity contribution is 5.95. The van der Waals surface area contributed by atoms with Crippen molar-refractivity contribution in [3.05, 3.63) is 29.3 Å². The SMILES string of the molecule is CN(CCN1CCCC1)C(=O)C1CCC2(CC1)OC(=O)c1cc(O)ccc12. The third-order valence-electron chi connectivity index (χ3n) is 6.47. The van der Waals surface area contributed by atoms with E-state index in [1.165, 1.54) is 18.9 Å².